The lowest BCUT2D eigenvalue weighted by atomic mass is 10.1. The van der Waals surface area contributed by atoms with Crippen molar-refractivity contribution in [2.75, 3.05) is 13.6 Å². The quantitative estimate of drug-likeness (QED) is 0.399. The molecule has 2 N–H and O–H groups in total. The summed E-state index contributed by atoms with van der Waals surface area (Å²) >= 11 is 0. The third-order valence-corrected chi connectivity index (χ3v) is 7.30. The average Bonchev–Trinajstić information content (AvgIpc) is 2.89. The molecule has 7 nitrogen and oxygen atoms in total. The fraction of sp³-hybridized carbons (Fsp3) is 0.241. The number of sulfonamides is 1. The van der Waals surface area contributed by atoms with Gasteiger partial charge in [-0.15, -0.1) is 0 Å². The summed E-state index contributed by atoms with van der Waals surface area (Å²) in [5.74, 6) is 4.40. The maximum Gasteiger partial charge on any atom is 0.321 e. The largest absolute Gasteiger partial charge is 0.480 e. The van der Waals surface area contributed by atoms with Crippen LogP contribution in [-0.4, -0.2) is 49.9 Å². The Kier molecular flexibility index (Phi) is 9.61. The molecule has 0 bridgehead atoms. The van der Waals surface area contributed by atoms with E-state index in [1.165, 1.54) is 17.0 Å². The highest BCUT2D eigenvalue weighted by Crippen LogP contribution is 2.13. The fourth-order valence-electron chi connectivity index (χ4n) is 3.51. The molecule has 3 aromatic rings. The van der Waals surface area contributed by atoms with Crippen molar-refractivity contribution in [3.63, 3.8) is 0 Å². The zero-order valence-electron chi connectivity index (χ0n) is 20.8. The first-order chi connectivity index (χ1) is 17.6. The first kappa shape index (κ1) is 27.7. The van der Waals surface area contributed by atoms with Crippen LogP contribution in [0.2, 0.25) is 0 Å². The van der Waals surface area contributed by atoms with Crippen molar-refractivity contribution < 1.29 is 23.1 Å². The lowest BCUT2D eigenvalue weighted by Gasteiger charge is -2.19. The maximum absolute atomic E-state index is 12.8. The number of hydrogen-bond donors (Lipinski definition) is 2. The zero-order valence-corrected chi connectivity index (χ0v) is 21.7. The smallest absolute Gasteiger partial charge is 0.321 e. The molecule has 0 aliphatic heterocycles. The van der Waals surface area contributed by atoms with Crippen molar-refractivity contribution in [2.45, 2.75) is 37.1 Å². The second-order valence-electron chi connectivity index (χ2n) is 8.74. The molecule has 0 fully saturated rings. The molecule has 3 aromatic carbocycles. The van der Waals surface area contributed by atoms with Gasteiger partial charge in [-0.05, 0) is 61.7 Å². The average molecular weight is 519 g/mol. The van der Waals surface area contributed by atoms with E-state index in [1.807, 2.05) is 61.5 Å². The summed E-state index contributed by atoms with van der Waals surface area (Å²) in [6.45, 7) is 2.47. The van der Waals surface area contributed by atoms with Crippen molar-refractivity contribution in [3.05, 3.63) is 101 Å². The number of hydrogen-bond acceptors (Lipinski definition) is 4. The van der Waals surface area contributed by atoms with Crippen LogP contribution in [0.25, 0.3) is 0 Å². The van der Waals surface area contributed by atoms with Gasteiger partial charge < -0.3 is 10.0 Å². The van der Waals surface area contributed by atoms with Crippen LogP contribution in [0, 0.1) is 18.8 Å². The van der Waals surface area contributed by atoms with Gasteiger partial charge in [-0.2, -0.15) is 4.72 Å². The van der Waals surface area contributed by atoms with Crippen LogP contribution in [0.4, 0.5) is 0 Å². The summed E-state index contributed by atoms with van der Waals surface area (Å²) in [7, 11) is -2.46. The van der Waals surface area contributed by atoms with Gasteiger partial charge in [0.2, 0.25) is 15.9 Å². The van der Waals surface area contributed by atoms with Gasteiger partial charge in [-0.3, -0.25) is 9.59 Å². The normalized spacial score (nSPS) is 11.7. The number of amides is 1. The Morgan fingerprint density at radius 2 is 1.49 bits per heavy atom. The third kappa shape index (κ3) is 8.60. The summed E-state index contributed by atoms with van der Waals surface area (Å²) in [4.78, 5) is 25.7. The number of carboxylic acids is 1. The van der Waals surface area contributed by atoms with E-state index in [0.29, 0.717) is 18.5 Å². The molecule has 0 unspecified atom stereocenters. The number of nitrogens with zero attached hydrogens (tertiary/aromatic N) is 1. The van der Waals surface area contributed by atoms with E-state index >= 15 is 0 Å². The Balaban J connectivity index is 1.57. The van der Waals surface area contributed by atoms with Crippen LogP contribution in [0.1, 0.15) is 35.1 Å². The monoisotopic (exact) mass is 518 g/mol. The highest BCUT2D eigenvalue weighted by atomic mass is 32.2. The van der Waals surface area contributed by atoms with Crippen LogP contribution in [-0.2, 0) is 26.0 Å². The minimum atomic E-state index is -4.11. The van der Waals surface area contributed by atoms with Gasteiger partial charge in [0, 0.05) is 31.1 Å². The molecule has 3 rings (SSSR count). The Bertz CT molecular complexity index is 1370. The van der Waals surface area contributed by atoms with E-state index in [2.05, 4.69) is 16.6 Å². The number of carbonyl (C=O) groups is 2. The predicted molar refractivity (Wildman–Crippen MR) is 142 cm³/mol. The fourth-order valence-corrected chi connectivity index (χ4v) is 4.74. The van der Waals surface area contributed by atoms with E-state index in [4.69, 9.17) is 0 Å². The molecule has 0 aliphatic carbocycles. The molecule has 1 amide bonds. The second-order valence-corrected chi connectivity index (χ2v) is 10.5. The molecule has 0 aliphatic rings. The molecule has 0 spiro atoms. The van der Waals surface area contributed by atoms with Gasteiger partial charge in [0.25, 0.3) is 0 Å². The van der Waals surface area contributed by atoms with Gasteiger partial charge in [-0.25, -0.2) is 8.42 Å². The van der Waals surface area contributed by atoms with Crippen molar-refractivity contribution in [2.24, 2.45) is 0 Å². The third-order valence-electron chi connectivity index (χ3n) is 5.81. The van der Waals surface area contributed by atoms with Crippen LogP contribution in [0.3, 0.4) is 0 Å². The molecular formula is C29H30N2O5S. The van der Waals surface area contributed by atoms with E-state index in [-0.39, 0.29) is 23.6 Å². The van der Waals surface area contributed by atoms with Gasteiger partial charge >= 0.3 is 5.97 Å². The summed E-state index contributed by atoms with van der Waals surface area (Å²) in [6.07, 6.45) is 0.408. The second kappa shape index (κ2) is 12.9. The van der Waals surface area contributed by atoms with Crippen LogP contribution < -0.4 is 4.72 Å². The van der Waals surface area contributed by atoms with Crippen molar-refractivity contribution in [3.8, 4) is 11.8 Å². The number of aliphatic carboxylic acids is 1. The van der Waals surface area contributed by atoms with Gasteiger partial charge in [-0.1, -0.05) is 59.9 Å². The predicted octanol–water partition coefficient (Wildman–Crippen LogP) is 3.61. The molecule has 1 atom stereocenters. The Hall–Kier alpha value is -3.93. The minimum Gasteiger partial charge on any atom is -0.480 e. The molecule has 8 heteroatoms. The summed E-state index contributed by atoms with van der Waals surface area (Å²) in [6, 6.07) is 21.9. The number of aryl methyl sites for hydroxylation is 1. The maximum atomic E-state index is 12.8. The molecular weight excluding hydrogens is 488 g/mol. The lowest BCUT2D eigenvalue weighted by Crippen LogP contribution is -2.41. The standard InChI is InChI=1S/C29H30N2O5S/c1-22-8-10-24(11-9-22)12-13-25-14-16-26(17-15-25)37(35,36)30-27(29(33)34)18-19-28(32)31(2)21-20-23-6-4-3-5-7-23/h3-11,14-17,27,30H,18-21H2,1-2H3,(H,33,34)/t27-/m1/s1. The van der Waals surface area contributed by atoms with Crippen LogP contribution in [0.5, 0.6) is 0 Å². The topological polar surface area (TPSA) is 104 Å². The highest BCUT2D eigenvalue weighted by Gasteiger charge is 2.26. The van der Waals surface area contributed by atoms with Gasteiger partial charge in [0.05, 0.1) is 4.90 Å². The molecule has 37 heavy (non-hydrogen) atoms. The lowest BCUT2D eigenvalue weighted by molar-refractivity contribution is -0.139. The Labute approximate surface area is 218 Å². The Morgan fingerprint density at radius 3 is 2.05 bits per heavy atom. The zero-order chi connectivity index (χ0) is 26.8. The highest BCUT2D eigenvalue weighted by molar-refractivity contribution is 7.89. The van der Waals surface area contributed by atoms with E-state index in [1.54, 1.807) is 19.2 Å². The molecule has 0 heterocycles. The number of likely N-dealkylation sites (N-methyl/N-ethyl adjacent to an activating group) is 1. The minimum absolute atomic E-state index is 0.0778. The van der Waals surface area contributed by atoms with E-state index < -0.39 is 22.0 Å². The summed E-state index contributed by atoms with van der Waals surface area (Å²) in [5, 5.41) is 9.56. The molecule has 0 saturated heterocycles. The Morgan fingerprint density at radius 1 is 0.919 bits per heavy atom. The van der Waals surface area contributed by atoms with E-state index in [0.717, 1.165) is 16.7 Å². The number of carboxylic acid groups (broad SMARTS) is 1. The molecule has 0 aromatic heterocycles. The van der Waals surface area contributed by atoms with Crippen molar-refractivity contribution in [1.82, 2.24) is 9.62 Å². The van der Waals surface area contributed by atoms with Gasteiger partial charge in [0.15, 0.2) is 0 Å². The number of rotatable bonds is 10. The van der Waals surface area contributed by atoms with Crippen LogP contribution >= 0.6 is 0 Å². The summed E-state index contributed by atoms with van der Waals surface area (Å²) < 4.78 is 27.8. The van der Waals surface area contributed by atoms with Crippen molar-refractivity contribution >= 4 is 21.9 Å². The number of benzene rings is 3. The first-order valence-electron chi connectivity index (χ1n) is 11.9. The molecule has 0 radical (unpaired) electrons. The van der Waals surface area contributed by atoms with Crippen molar-refractivity contribution in [1.29, 1.82) is 0 Å². The molecule has 192 valence electrons. The molecule has 0 saturated carbocycles. The number of nitrogens with one attached hydrogen (secondary N) is 1. The van der Waals surface area contributed by atoms with E-state index in [9.17, 15) is 23.1 Å². The van der Waals surface area contributed by atoms with Crippen LogP contribution in [0.15, 0.2) is 83.8 Å². The number of carbonyl (C=O) groups excluding carboxylic acids is 1. The van der Waals surface area contributed by atoms with Gasteiger partial charge in [0.1, 0.15) is 6.04 Å². The summed E-state index contributed by atoms with van der Waals surface area (Å²) in [5.41, 5.74) is 3.68. The first-order valence-corrected chi connectivity index (χ1v) is 13.3. The SMILES string of the molecule is Cc1ccc(C#Cc2ccc(S(=O)(=O)N[C@H](CCC(=O)N(C)CCc3ccccc3)C(=O)O)cc2)cc1.